The van der Waals surface area contributed by atoms with E-state index in [-0.39, 0.29) is 9.90 Å². The van der Waals surface area contributed by atoms with Crippen LogP contribution in [0.3, 0.4) is 0 Å². The van der Waals surface area contributed by atoms with Gasteiger partial charge in [0.25, 0.3) is 0 Å². The van der Waals surface area contributed by atoms with Crippen LogP contribution in [0.2, 0.25) is 0 Å². The highest BCUT2D eigenvalue weighted by Crippen LogP contribution is 2.02. The summed E-state index contributed by atoms with van der Waals surface area (Å²) in [6.07, 6.45) is 0. The van der Waals surface area contributed by atoms with Gasteiger partial charge in [-0.15, -0.1) is 0 Å². The summed E-state index contributed by atoms with van der Waals surface area (Å²) >= 11 is 0. The normalized spacial score (nSPS) is 8.10. The molecule has 2 heteroatoms. The highest BCUT2D eigenvalue weighted by Gasteiger charge is 1.81. The largest absolute Gasteiger partial charge is 0.385 e. The van der Waals surface area contributed by atoms with Crippen molar-refractivity contribution in [1.82, 2.24) is 0 Å². The van der Waals surface area contributed by atoms with Gasteiger partial charge in [-0.1, -0.05) is 18.2 Å². The van der Waals surface area contributed by atoms with Gasteiger partial charge in [-0.2, -0.15) is 9.90 Å². The summed E-state index contributed by atoms with van der Waals surface area (Å²) in [6.45, 7) is 3.08. The first-order valence-corrected chi connectivity index (χ1v) is 3.22. The van der Waals surface area contributed by atoms with Gasteiger partial charge in [0.05, 0.1) is 0 Å². The quantitative estimate of drug-likeness (QED) is 0.645. The highest BCUT2D eigenvalue weighted by atomic mass is 31.0. The first-order chi connectivity index (χ1) is 4.43. The zero-order valence-corrected chi connectivity index (χ0v) is 7.72. The molecule has 0 heterocycles. The van der Waals surface area contributed by atoms with E-state index in [1.165, 1.54) is 5.69 Å². The summed E-state index contributed by atoms with van der Waals surface area (Å²) in [5.74, 6) is 0. The maximum absolute atomic E-state index is 3.21. The van der Waals surface area contributed by atoms with E-state index >= 15 is 0 Å². The molecule has 10 heavy (non-hydrogen) atoms. The Morgan fingerprint density at radius 1 is 1.20 bits per heavy atom. The van der Waals surface area contributed by atoms with Crippen LogP contribution < -0.4 is 5.32 Å². The average molecular weight is 155 g/mol. The minimum Gasteiger partial charge on any atom is -0.385 e. The molecule has 1 nitrogen and oxygen atoms in total. The van der Waals surface area contributed by atoms with Crippen molar-refractivity contribution >= 4 is 15.6 Å². The molecule has 0 aliphatic carbocycles. The zero-order chi connectivity index (χ0) is 6.53. The Bertz CT molecular complexity index is 162. The number of anilines is 1. The molecule has 1 atom stereocenters. The number of hydrogen-bond acceptors (Lipinski definition) is 1. The van der Waals surface area contributed by atoms with Crippen molar-refractivity contribution in [3.63, 3.8) is 0 Å². The molecule has 0 saturated carbocycles. The van der Waals surface area contributed by atoms with E-state index in [0.717, 1.165) is 6.54 Å². The molecule has 0 saturated heterocycles. The van der Waals surface area contributed by atoms with Crippen molar-refractivity contribution in [2.75, 3.05) is 11.9 Å². The predicted octanol–water partition coefficient (Wildman–Crippen LogP) is 2.18. The molecule has 0 bridgehead atoms. The van der Waals surface area contributed by atoms with Gasteiger partial charge >= 0.3 is 0 Å². The van der Waals surface area contributed by atoms with Gasteiger partial charge in [0.1, 0.15) is 0 Å². The number of benzene rings is 1. The lowest BCUT2D eigenvalue weighted by Gasteiger charge is -1.99. The molecule has 0 amide bonds. The molecule has 1 N–H and O–H groups in total. The standard InChI is InChI=1S/C8H11N.H3P/c1-2-9-8-6-4-3-5-7-8;/h3-7,9H,2H2,1H3;1H3. The molecule has 0 radical (unpaired) electrons. The number of hydrogen-bond donors (Lipinski definition) is 1. The second-order valence-corrected chi connectivity index (χ2v) is 1.90. The zero-order valence-electron chi connectivity index (χ0n) is 6.30. The average Bonchev–Trinajstić information content (AvgIpc) is 1.91. The Morgan fingerprint density at radius 2 is 1.80 bits per heavy atom. The van der Waals surface area contributed by atoms with Crippen LogP contribution in [0, 0.1) is 0 Å². The van der Waals surface area contributed by atoms with Crippen LogP contribution in [0.4, 0.5) is 5.69 Å². The van der Waals surface area contributed by atoms with Crippen molar-refractivity contribution in [2.45, 2.75) is 6.92 Å². The summed E-state index contributed by atoms with van der Waals surface area (Å²) in [5.41, 5.74) is 1.19. The van der Waals surface area contributed by atoms with E-state index in [4.69, 9.17) is 0 Å². The third-order valence-corrected chi connectivity index (χ3v) is 1.15. The first kappa shape index (κ1) is 9.45. The Morgan fingerprint density at radius 3 is 2.30 bits per heavy atom. The fourth-order valence-electron chi connectivity index (χ4n) is 0.760. The molecule has 1 aromatic carbocycles. The molecule has 0 aliphatic rings. The predicted molar refractivity (Wildman–Crippen MR) is 51.7 cm³/mol. The number of nitrogens with one attached hydrogen (secondary N) is 1. The highest BCUT2D eigenvalue weighted by molar-refractivity contribution is 6.92. The van der Waals surface area contributed by atoms with Gasteiger partial charge < -0.3 is 5.32 Å². The lowest BCUT2D eigenvalue weighted by molar-refractivity contribution is 1.21. The monoisotopic (exact) mass is 155 g/mol. The summed E-state index contributed by atoms with van der Waals surface area (Å²) in [4.78, 5) is 0. The van der Waals surface area contributed by atoms with E-state index in [1.807, 2.05) is 18.2 Å². The van der Waals surface area contributed by atoms with Crippen LogP contribution in [0.1, 0.15) is 6.92 Å². The van der Waals surface area contributed by atoms with Crippen LogP contribution in [-0.2, 0) is 0 Å². The summed E-state index contributed by atoms with van der Waals surface area (Å²) in [5, 5.41) is 3.21. The van der Waals surface area contributed by atoms with E-state index in [2.05, 4.69) is 24.4 Å². The van der Waals surface area contributed by atoms with Gasteiger partial charge in [-0.25, -0.2) is 0 Å². The van der Waals surface area contributed by atoms with Crippen molar-refractivity contribution in [2.24, 2.45) is 0 Å². The van der Waals surface area contributed by atoms with E-state index < -0.39 is 0 Å². The van der Waals surface area contributed by atoms with Crippen molar-refractivity contribution in [1.29, 1.82) is 0 Å². The molecule has 0 spiro atoms. The Hall–Kier alpha value is -0.550. The van der Waals surface area contributed by atoms with Crippen LogP contribution in [0.5, 0.6) is 0 Å². The lowest BCUT2D eigenvalue weighted by atomic mass is 10.3. The molecule has 1 aromatic rings. The molecule has 0 fully saturated rings. The summed E-state index contributed by atoms with van der Waals surface area (Å²) < 4.78 is 0. The van der Waals surface area contributed by atoms with Crippen LogP contribution >= 0.6 is 9.90 Å². The van der Waals surface area contributed by atoms with Crippen LogP contribution in [0.25, 0.3) is 0 Å². The second kappa shape index (κ2) is 5.25. The second-order valence-electron chi connectivity index (χ2n) is 1.90. The maximum Gasteiger partial charge on any atom is 0.0340 e. The number of para-hydroxylation sites is 1. The fraction of sp³-hybridized carbons (Fsp3) is 0.250. The van der Waals surface area contributed by atoms with Crippen molar-refractivity contribution in [3.8, 4) is 0 Å². The van der Waals surface area contributed by atoms with Crippen molar-refractivity contribution < 1.29 is 0 Å². The molecular weight excluding hydrogens is 141 g/mol. The summed E-state index contributed by atoms with van der Waals surface area (Å²) in [7, 11) is 0. The third kappa shape index (κ3) is 2.84. The van der Waals surface area contributed by atoms with Gasteiger partial charge in [0.2, 0.25) is 0 Å². The minimum atomic E-state index is 0. The topological polar surface area (TPSA) is 12.0 Å². The maximum atomic E-state index is 3.21. The molecule has 1 rings (SSSR count). The number of rotatable bonds is 2. The van der Waals surface area contributed by atoms with Crippen molar-refractivity contribution in [3.05, 3.63) is 30.3 Å². The molecule has 0 aliphatic heterocycles. The van der Waals surface area contributed by atoms with Crippen LogP contribution in [0.15, 0.2) is 30.3 Å². The van der Waals surface area contributed by atoms with Gasteiger partial charge in [-0.05, 0) is 19.1 Å². The first-order valence-electron chi connectivity index (χ1n) is 3.22. The fourth-order valence-corrected chi connectivity index (χ4v) is 0.760. The lowest BCUT2D eigenvalue weighted by Crippen LogP contribution is -1.94. The van der Waals surface area contributed by atoms with Gasteiger partial charge in [0.15, 0.2) is 0 Å². The Kier molecular flexibility index (Phi) is 4.96. The van der Waals surface area contributed by atoms with E-state index in [0.29, 0.717) is 0 Å². The third-order valence-electron chi connectivity index (χ3n) is 1.15. The minimum absolute atomic E-state index is 0. The molecule has 1 unspecified atom stereocenters. The SMILES string of the molecule is CCNc1ccccc1.P. The van der Waals surface area contributed by atoms with Crippen LogP contribution in [-0.4, -0.2) is 6.54 Å². The van der Waals surface area contributed by atoms with E-state index in [9.17, 15) is 0 Å². The molecule has 56 valence electrons. The van der Waals surface area contributed by atoms with Gasteiger partial charge in [0, 0.05) is 12.2 Å². The molecule has 0 aromatic heterocycles. The van der Waals surface area contributed by atoms with Gasteiger partial charge in [-0.3, -0.25) is 0 Å². The smallest absolute Gasteiger partial charge is 0.0340 e. The molecular formula is C8H14NP. The Labute approximate surface area is 65.5 Å². The summed E-state index contributed by atoms with van der Waals surface area (Å²) in [6, 6.07) is 10.2. The Balaban J connectivity index is 0.000000810. The van der Waals surface area contributed by atoms with E-state index in [1.54, 1.807) is 0 Å².